The van der Waals surface area contributed by atoms with Crippen molar-refractivity contribution in [1.82, 2.24) is 10.6 Å². The first-order valence-electron chi connectivity index (χ1n) is 8.05. The molecule has 0 radical (unpaired) electrons. The second-order valence-corrected chi connectivity index (χ2v) is 6.11. The molecule has 0 unspecified atom stereocenters. The summed E-state index contributed by atoms with van der Waals surface area (Å²) in [5, 5.41) is 6.23. The molecule has 0 saturated heterocycles. The van der Waals surface area contributed by atoms with E-state index in [4.69, 9.17) is 0 Å². The summed E-state index contributed by atoms with van der Waals surface area (Å²) in [6, 6.07) is 0.0592. The minimum atomic E-state index is -0.168. The number of allylic oxidation sites excluding steroid dienone is 4. The van der Waals surface area contributed by atoms with Crippen LogP contribution in [0.15, 0.2) is 48.6 Å². The first kappa shape index (κ1) is 14.8. The molecular formula is C18H22N2O2. The topological polar surface area (TPSA) is 58.2 Å². The molecule has 0 spiro atoms. The van der Waals surface area contributed by atoms with Gasteiger partial charge in [0, 0.05) is 12.1 Å². The molecule has 0 aliphatic heterocycles. The van der Waals surface area contributed by atoms with Crippen molar-refractivity contribution in [2.75, 3.05) is 0 Å². The minimum absolute atomic E-state index is 0.0248. The summed E-state index contributed by atoms with van der Waals surface area (Å²) in [6.45, 7) is 0. The van der Waals surface area contributed by atoms with Crippen molar-refractivity contribution in [2.24, 2.45) is 11.8 Å². The molecule has 22 heavy (non-hydrogen) atoms. The molecule has 0 aromatic carbocycles. The van der Waals surface area contributed by atoms with E-state index < -0.39 is 0 Å². The van der Waals surface area contributed by atoms with E-state index >= 15 is 0 Å². The largest absolute Gasteiger partial charge is 0.351 e. The van der Waals surface area contributed by atoms with Gasteiger partial charge in [-0.05, 0) is 12.8 Å². The zero-order valence-corrected chi connectivity index (χ0v) is 12.6. The minimum Gasteiger partial charge on any atom is -0.351 e. The molecule has 2 atom stereocenters. The highest BCUT2D eigenvalue weighted by Crippen LogP contribution is 2.21. The lowest BCUT2D eigenvalue weighted by atomic mass is 9.89. The lowest BCUT2D eigenvalue weighted by Crippen LogP contribution is -2.54. The predicted molar refractivity (Wildman–Crippen MR) is 85.9 cm³/mol. The van der Waals surface area contributed by atoms with Crippen molar-refractivity contribution >= 4 is 11.8 Å². The summed E-state index contributed by atoms with van der Waals surface area (Å²) < 4.78 is 0. The number of hydrogen-bond donors (Lipinski definition) is 2. The number of carbonyl (C=O) groups excluding carboxylic acids is 2. The van der Waals surface area contributed by atoms with E-state index in [-0.39, 0.29) is 35.7 Å². The average Bonchev–Trinajstić information content (AvgIpc) is 3.23. The Bertz CT molecular complexity index is 485. The van der Waals surface area contributed by atoms with Crippen LogP contribution in [0.2, 0.25) is 0 Å². The lowest BCUT2D eigenvalue weighted by Gasteiger charge is -2.33. The van der Waals surface area contributed by atoms with Gasteiger partial charge in [-0.3, -0.25) is 9.59 Å². The molecule has 3 aliphatic rings. The Morgan fingerprint density at radius 3 is 1.41 bits per heavy atom. The molecule has 0 aromatic rings. The van der Waals surface area contributed by atoms with Crippen LogP contribution in [-0.2, 0) is 9.59 Å². The first-order chi connectivity index (χ1) is 10.7. The van der Waals surface area contributed by atoms with E-state index in [0.29, 0.717) is 0 Å². The van der Waals surface area contributed by atoms with Gasteiger partial charge in [0.25, 0.3) is 0 Å². The zero-order chi connectivity index (χ0) is 15.4. The molecule has 2 N–H and O–H groups in total. The van der Waals surface area contributed by atoms with Gasteiger partial charge in [-0.15, -0.1) is 0 Å². The van der Waals surface area contributed by atoms with Crippen molar-refractivity contribution < 1.29 is 9.59 Å². The molecule has 1 saturated carbocycles. The number of rotatable bonds is 4. The number of hydrogen-bond acceptors (Lipinski definition) is 2. The summed E-state index contributed by atoms with van der Waals surface area (Å²) in [5.74, 6) is -0.286. The SMILES string of the molecule is O=C(N[C@@H]1CCCC[C@H]1NC(=O)C1C=CC=C1)C1C=CC=C1. The monoisotopic (exact) mass is 298 g/mol. The van der Waals surface area contributed by atoms with Crippen LogP contribution in [0.1, 0.15) is 25.7 Å². The summed E-state index contributed by atoms with van der Waals surface area (Å²) >= 11 is 0. The fraction of sp³-hybridized carbons (Fsp3) is 0.444. The fourth-order valence-electron chi connectivity index (χ4n) is 3.25. The Kier molecular flexibility index (Phi) is 4.56. The van der Waals surface area contributed by atoms with Gasteiger partial charge in [-0.1, -0.05) is 61.4 Å². The molecule has 116 valence electrons. The number of carbonyl (C=O) groups is 2. The van der Waals surface area contributed by atoms with Gasteiger partial charge in [0.05, 0.1) is 11.8 Å². The number of nitrogens with one attached hydrogen (secondary N) is 2. The van der Waals surface area contributed by atoms with Crippen molar-refractivity contribution in [3.8, 4) is 0 Å². The summed E-state index contributed by atoms with van der Waals surface area (Å²) in [5.41, 5.74) is 0. The molecule has 4 heteroatoms. The molecular weight excluding hydrogens is 276 g/mol. The van der Waals surface area contributed by atoms with Crippen molar-refractivity contribution in [2.45, 2.75) is 37.8 Å². The summed E-state index contributed by atoms with van der Waals surface area (Å²) in [4.78, 5) is 24.5. The Hall–Kier alpha value is -2.10. The normalized spacial score (nSPS) is 27.5. The second-order valence-electron chi connectivity index (χ2n) is 6.11. The van der Waals surface area contributed by atoms with Gasteiger partial charge < -0.3 is 10.6 Å². The Labute approximate surface area is 131 Å². The molecule has 0 aromatic heterocycles. The second kappa shape index (κ2) is 6.77. The van der Waals surface area contributed by atoms with Crippen molar-refractivity contribution in [3.63, 3.8) is 0 Å². The van der Waals surface area contributed by atoms with Crippen LogP contribution in [0.4, 0.5) is 0 Å². The van der Waals surface area contributed by atoms with Crippen LogP contribution < -0.4 is 10.6 Å². The smallest absolute Gasteiger partial charge is 0.231 e. The van der Waals surface area contributed by atoms with Crippen LogP contribution in [0.25, 0.3) is 0 Å². The molecule has 4 nitrogen and oxygen atoms in total. The summed E-state index contributed by atoms with van der Waals surface area (Å²) in [6.07, 6.45) is 19.2. The van der Waals surface area contributed by atoms with Crippen LogP contribution in [0.5, 0.6) is 0 Å². The maximum absolute atomic E-state index is 12.3. The first-order valence-corrected chi connectivity index (χ1v) is 8.05. The highest BCUT2D eigenvalue weighted by Gasteiger charge is 2.30. The average molecular weight is 298 g/mol. The van der Waals surface area contributed by atoms with Crippen LogP contribution in [0.3, 0.4) is 0 Å². The molecule has 2 amide bonds. The van der Waals surface area contributed by atoms with Gasteiger partial charge in [0.2, 0.25) is 11.8 Å². The van der Waals surface area contributed by atoms with Gasteiger partial charge >= 0.3 is 0 Å². The lowest BCUT2D eigenvalue weighted by molar-refractivity contribution is -0.126. The molecule has 1 fully saturated rings. The van der Waals surface area contributed by atoms with E-state index in [0.717, 1.165) is 25.7 Å². The van der Waals surface area contributed by atoms with E-state index in [9.17, 15) is 9.59 Å². The molecule has 0 heterocycles. The quantitative estimate of drug-likeness (QED) is 0.834. The molecule has 3 aliphatic carbocycles. The molecule has 0 bridgehead atoms. The zero-order valence-electron chi connectivity index (χ0n) is 12.6. The third-order valence-electron chi connectivity index (χ3n) is 4.52. The van der Waals surface area contributed by atoms with E-state index in [2.05, 4.69) is 10.6 Å². The standard InChI is InChI=1S/C18H22N2O2/c21-17(13-7-1-2-8-13)19-15-11-5-6-12-16(15)20-18(22)14-9-3-4-10-14/h1-4,7-10,13-16H,5-6,11-12H2,(H,19,21)(H,20,22)/t15-,16-/m1/s1. The van der Waals surface area contributed by atoms with Gasteiger partial charge in [0.1, 0.15) is 0 Å². The van der Waals surface area contributed by atoms with Crippen molar-refractivity contribution in [1.29, 1.82) is 0 Å². The van der Waals surface area contributed by atoms with E-state index in [1.54, 1.807) is 0 Å². The Morgan fingerprint density at radius 2 is 1.05 bits per heavy atom. The fourth-order valence-corrected chi connectivity index (χ4v) is 3.25. The van der Waals surface area contributed by atoms with E-state index in [1.165, 1.54) is 0 Å². The predicted octanol–water partition coefficient (Wildman–Crippen LogP) is 2.01. The van der Waals surface area contributed by atoms with Gasteiger partial charge in [-0.25, -0.2) is 0 Å². The van der Waals surface area contributed by atoms with Gasteiger partial charge in [-0.2, -0.15) is 0 Å². The van der Waals surface area contributed by atoms with Crippen LogP contribution in [0, 0.1) is 11.8 Å². The maximum atomic E-state index is 12.3. The maximum Gasteiger partial charge on any atom is 0.231 e. The third kappa shape index (κ3) is 3.38. The number of amides is 2. The van der Waals surface area contributed by atoms with E-state index in [1.807, 2.05) is 48.6 Å². The Morgan fingerprint density at radius 1 is 0.682 bits per heavy atom. The highest BCUT2D eigenvalue weighted by molar-refractivity contribution is 5.84. The van der Waals surface area contributed by atoms with Crippen LogP contribution >= 0.6 is 0 Å². The Balaban J connectivity index is 1.58. The highest BCUT2D eigenvalue weighted by atomic mass is 16.2. The van der Waals surface area contributed by atoms with Gasteiger partial charge in [0.15, 0.2) is 0 Å². The molecule has 3 rings (SSSR count). The third-order valence-corrected chi connectivity index (χ3v) is 4.52. The summed E-state index contributed by atoms with van der Waals surface area (Å²) in [7, 11) is 0. The van der Waals surface area contributed by atoms with Crippen molar-refractivity contribution in [3.05, 3.63) is 48.6 Å². The van der Waals surface area contributed by atoms with Crippen LogP contribution in [-0.4, -0.2) is 23.9 Å².